The van der Waals surface area contributed by atoms with E-state index in [0.717, 1.165) is 44.6 Å². The number of hydroxylamine groups is 2. The van der Waals surface area contributed by atoms with E-state index in [2.05, 4.69) is 20.7 Å². The molecule has 1 aromatic heterocycles. The molecule has 2 N–H and O–H groups in total. The van der Waals surface area contributed by atoms with Crippen molar-refractivity contribution in [2.24, 2.45) is 0 Å². The SMILES string of the molecule is O=c1c(NCCCCCCCN2CCCCO2)c(Nc2ccncc2)c1=O. The lowest BCUT2D eigenvalue weighted by Crippen LogP contribution is -2.36. The highest BCUT2D eigenvalue weighted by atomic mass is 16.7. The molecule has 2 aromatic rings. The Bertz CT molecular complexity index is 765. The highest BCUT2D eigenvalue weighted by molar-refractivity contribution is 5.78. The van der Waals surface area contributed by atoms with Crippen LogP contribution in [-0.2, 0) is 4.84 Å². The molecule has 2 heterocycles. The molecule has 146 valence electrons. The standard InChI is InChI=1S/C20H28N4O3/c25-19-17(18(20(19)26)23-16-8-11-21-12-9-16)22-10-4-2-1-3-5-13-24-14-6-7-15-27-24/h8-9,11-12,22H,1-7,10,13-15H2,(H,21,23). The Kier molecular flexibility index (Phi) is 7.36. The fraction of sp³-hybridized carbons (Fsp3) is 0.550. The molecule has 1 fully saturated rings. The number of anilines is 3. The third kappa shape index (κ3) is 5.61. The first-order valence-electron chi connectivity index (χ1n) is 9.88. The number of hydrogen-bond acceptors (Lipinski definition) is 7. The molecule has 0 unspecified atom stereocenters. The topological polar surface area (TPSA) is 83.6 Å². The van der Waals surface area contributed by atoms with Crippen LogP contribution < -0.4 is 21.5 Å². The zero-order valence-corrected chi connectivity index (χ0v) is 15.7. The van der Waals surface area contributed by atoms with Gasteiger partial charge < -0.3 is 10.6 Å². The van der Waals surface area contributed by atoms with Gasteiger partial charge in [0.1, 0.15) is 11.4 Å². The Morgan fingerprint density at radius 1 is 0.963 bits per heavy atom. The minimum Gasteiger partial charge on any atom is -0.380 e. The number of rotatable bonds is 11. The van der Waals surface area contributed by atoms with E-state index in [1.165, 1.54) is 25.7 Å². The molecule has 1 aliphatic rings. The average Bonchev–Trinajstić information content (AvgIpc) is 2.72. The van der Waals surface area contributed by atoms with Gasteiger partial charge in [0.05, 0.1) is 6.61 Å². The van der Waals surface area contributed by atoms with Crippen LogP contribution in [0.25, 0.3) is 0 Å². The number of nitrogens with one attached hydrogen (secondary N) is 2. The summed E-state index contributed by atoms with van der Waals surface area (Å²) < 4.78 is 0. The Morgan fingerprint density at radius 3 is 2.48 bits per heavy atom. The zero-order chi connectivity index (χ0) is 18.9. The summed E-state index contributed by atoms with van der Waals surface area (Å²) in [5.74, 6) is 0. The molecule has 7 nitrogen and oxygen atoms in total. The number of aromatic nitrogens is 1. The lowest BCUT2D eigenvalue weighted by molar-refractivity contribution is -0.180. The third-order valence-electron chi connectivity index (χ3n) is 4.82. The molecular weight excluding hydrogens is 344 g/mol. The van der Waals surface area contributed by atoms with Crippen molar-refractivity contribution in [3.8, 4) is 0 Å². The van der Waals surface area contributed by atoms with Crippen LogP contribution in [0.2, 0.25) is 0 Å². The van der Waals surface area contributed by atoms with Gasteiger partial charge in [0.15, 0.2) is 0 Å². The van der Waals surface area contributed by atoms with Crippen LogP contribution in [-0.4, -0.2) is 36.3 Å². The predicted molar refractivity (Wildman–Crippen MR) is 107 cm³/mol. The van der Waals surface area contributed by atoms with Gasteiger partial charge in [0.2, 0.25) is 0 Å². The summed E-state index contributed by atoms with van der Waals surface area (Å²) in [7, 11) is 0. The van der Waals surface area contributed by atoms with Crippen molar-refractivity contribution in [1.29, 1.82) is 0 Å². The average molecular weight is 372 g/mol. The second kappa shape index (κ2) is 10.2. The second-order valence-electron chi connectivity index (χ2n) is 6.93. The Hall–Kier alpha value is -2.25. The van der Waals surface area contributed by atoms with Crippen LogP contribution in [0.15, 0.2) is 34.1 Å². The zero-order valence-electron chi connectivity index (χ0n) is 15.7. The summed E-state index contributed by atoms with van der Waals surface area (Å²) in [5, 5.41) is 8.21. The molecule has 0 saturated carbocycles. The molecule has 3 rings (SSSR count). The Labute approximate surface area is 159 Å². The largest absolute Gasteiger partial charge is 0.380 e. The van der Waals surface area contributed by atoms with Crippen LogP contribution in [0.1, 0.15) is 44.9 Å². The highest BCUT2D eigenvalue weighted by Gasteiger charge is 2.20. The van der Waals surface area contributed by atoms with Crippen LogP contribution in [0.4, 0.5) is 17.1 Å². The highest BCUT2D eigenvalue weighted by Crippen LogP contribution is 2.20. The van der Waals surface area contributed by atoms with E-state index >= 15 is 0 Å². The summed E-state index contributed by atoms with van der Waals surface area (Å²) in [5.41, 5.74) is 0.604. The van der Waals surface area contributed by atoms with Crippen molar-refractivity contribution in [3.63, 3.8) is 0 Å². The smallest absolute Gasteiger partial charge is 0.253 e. The van der Waals surface area contributed by atoms with E-state index in [0.29, 0.717) is 17.9 Å². The van der Waals surface area contributed by atoms with E-state index in [4.69, 9.17) is 4.84 Å². The molecule has 27 heavy (non-hydrogen) atoms. The summed E-state index contributed by atoms with van der Waals surface area (Å²) in [6, 6.07) is 3.52. The Balaban J connectivity index is 1.30. The van der Waals surface area contributed by atoms with Gasteiger partial charge in [-0.15, -0.1) is 0 Å². The molecule has 0 bridgehead atoms. The minimum atomic E-state index is -0.464. The fourth-order valence-electron chi connectivity index (χ4n) is 3.24. The predicted octanol–water partition coefficient (Wildman–Crippen LogP) is 2.81. The van der Waals surface area contributed by atoms with Gasteiger partial charge in [-0.3, -0.25) is 19.4 Å². The van der Waals surface area contributed by atoms with Gasteiger partial charge >= 0.3 is 0 Å². The van der Waals surface area contributed by atoms with Crippen molar-refractivity contribution in [1.82, 2.24) is 10.0 Å². The monoisotopic (exact) mass is 372 g/mol. The van der Waals surface area contributed by atoms with E-state index in [9.17, 15) is 9.59 Å². The first kappa shape index (κ1) is 19.5. The number of nitrogens with zero attached hydrogens (tertiary/aromatic N) is 2. The van der Waals surface area contributed by atoms with Crippen LogP contribution in [0, 0.1) is 0 Å². The van der Waals surface area contributed by atoms with Gasteiger partial charge in [-0.05, 0) is 37.8 Å². The molecule has 1 saturated heterocycles. The summed E-state index contributed by atoms with van der Waals surface area (Å²) in [6.45, 7) is 3.64. The van der Waals surface area contributed by atoms with Crippen molar-refractivity contribution in [2.45, 2.75) is 44.9 Å². The molecule has 0 aliphatic carbocycles. The van der Waals surface area contributed by atoms with Gasteiger partial charge in [0, 0.05) is 37.7 Å². The molecule has 7 heteroatoms. The maximum Gasteiger partial charge on any atom is 0.253 e. The van der Waals surface area contributed by atoms with Crippen LogP contribution in [0.5, 0.6) is 0 Å². The van der Waals surface area contributed by atoms with Gasteiger partial charge in [0.25, 0.3) is 10.9 Å². The van der Waals surface area contributed by atoms with Gasteiger partial charge in [-0.2, -0.15) is 5.06 Å². The lowest BCUT2D eigenvalue weighted by atomic mass is 10.1. The molecule has 0 atom stereocenters. The minimum absolute atomic E-state index is 0.354. The van der Waals surface area contributed by atoms with Crippen molar-refractivity contribution >= 4 is 17.1 Å². The summed E-state index contributed by atoms with van der Waals surface area (Å²) in [6.07, 6.45) is 11.3. The Morgan fingerprint density at radius 2 is 1.70 bits per heavy atom. The normalized spacial score (nSPS) is 15.1. The van der Waals surface area contributed by atoms with E-state index in [-0.39, 0.29) is 0 Å². The number of hydrogen-bond donors (Lipinski definition) is 2. The van der Waals surface area contributed by atoms with E-state index < -0.39 is 10.9 Å². The summed E-state index contributed by atoms with van der Waals surface area (Å²) in [4.78, 5) is 33.1. The van der Waals surface area contributed by atoms with Gasteiger partial charge in [-0.1, -0.05) is 19.3 Å². The molecule has 0 amide bonds. The van der Waals surface area contributed by atoms with Crippen molar-refractivity contribution < 1.29 is 4.84 Å². The number of unbranched alkanes of at least 4 members (excludes halogenated alkanes) is 4. The molecule has 1 aromatic carbocycles. The number of pyridine rings is 1. The first-order chi connectivity index (χ1) is 13.3. The van der Waals surface area contributed by atoms with Gasteiger partial charge in [-0.25, -0.2) is 0 Å². The molecular formula is C20H28N4O3. The van der Waals surface area contributed by atoms with Crippen LogP contribution in [0.3, 0.4) is 0 Å². The third-order valence-corrected chi connectivity index (χ3v) is 4.82. The van der Waals surface area contributed by atoms with E-state index in [1.54, 1.807) is 24.5 Å². The first-order valence-corrected chi connectivity index (χ1v) is 9.88. The van der Waals surface area contributed by atoms with Crippen LogP contribution >= 0.6 is 0 Å². The fourth-order valence-corrected chi connectivity index (χ4v) is 3.24. The molecule has 0 radical (unpaired) electrons. The lowest BCUT2D eigenvalue weighted by Gasteiger charge is -2.25. The second-order valence-corrected chi connectivity index (χ2v) is 6.93. The quantitative estimate of drug-likeness (QED) is 0.463. The van der Waals surface area contributed by atoms with Crippen molar-refractivity contribution in [3.05, 3.63) is 45.0 Å². The van der Waals surface area contributed by atoms with E-state index in [1.807, 2.05) is 0 Å². The summed E-state index contributed by atoms with van der Waals surface area (Å²) >= 11 is 0. The van der Waals surface area contributed by atoms with Crippen molar-refractivity contribution in [2.75, 3.05) is 36.9 Å². The molecule has 0 spiro atoms. The molecule has 1 aliphatic heterocycles. The maximum atomic E-state index is 11.8. The maximum absolute atomic E-state index is 11.8.